The number of carboxylic acids is 1. The predicted molar refractivity (Wildman–Crippen MR) is 68.4 cm³/mol. The molecule has 0 unspecified atom stereocenters. The molecular weight excluding hydrogens is 252 g/mol. The predicted octanol–water partition coefficient (Wildman–Crippen LogP) is 2.11. The number of nitrogens with zero attached hydrogens (tertiary/aromatic N) is 2. The van der Waals surface area contributed by atoms with Crippen molar-refractivity contribution in [3.63, 3.8) is 0 Å². The molecule has 5 nitrogen and oxygen atoms in total. The number of aromatic carboxylic acids is 1. The molecule has 0 fully saturated rings. The van der Waals surface area contributed by atoms with Gasteiger partial charge in [-0.15, -0.1) is 11.3 Å². The van der Waals surface area contributed by atoms with Crippen molar-refractivity contribution in [1.82, 2.24) is 9.78 Å². The highest BCUT2D eigenvalue weighted by molar-refractivity contribution is 7.14. The highest BCUT2D eigenvalue weighted by Gasteiger charge is 2.15. The zero-order valence-corrected chi connectivity index (χ0v) is 11.0. The summed E-state index contributed by atoms with van der Waals surface area (Å²) in [5.74, 6) is -0.488. The summed E-state index contributed by atoms with van der Waals surface area (Å²) in [4.78, 5) is 12.2. The van der Waals surface area contributed by atoms with Crippen LogP contribution in [0, 0.1) is 6.92 Å². The van der Waals surface area contributed by atoms with Crippen LogP contribution in [0.1, 0.15) is 20.1 Å². The van der Waals surface area contributed by atoms with Crippen LogP contribution < -0.4 is 4.74 Å². The largest absolute Gasteiger partial charge is 0.491 e. The lowest BCUT2D eigenvalue weighted by Gasteiger charge is -2.03. The van der Waals surface area contributed by atoms with Crippen molar-refractivity contribution in [3.05, 3.63) is 33.8 Å². The maximum atomic E-state index is 11.0. The minimum absolute atomic E-state index is 0.263. The summed E-state index contributed by atoms with van der Waals surface area (Å²) >= 11 is 1.23. The first kappa shape index (κ1) is 12.6. The van der Waals surface area contributed by atoms with Crippen LogP contribution in [0.2, 0.25) is 0 Å². The van der Waals surface area contributed by atoms with E-state index in [0.29, 0.717) is 18.8 Å². The molecule has 18 heavy (non-hydrogen) atoms. The fourth-order valence-electron chi connectivity index (χ4n) is 1.63. The van der Waals surface area contributed by atoms with E-state index in [-0.39, 0.29) is 4.88 Å². The zero-order valence-electron chi connectivity index (χ0n) is 10.2. The van der Waals surface area contributed by atoms with Crippen molar-refractivity contribution in [2.24, 2.45) is 7.05 Å². The Morgan fingerprint density at radius 1 is 1.61 bits per heavy atom. The van der Waals surface area contributed by atoms with Gasteiger partial charge in [0.2, 0.25) is 0 Å². The summed E-state index contributed by atoms with van der Waals surface area (Å²) in [5, 5.41) is 13.1. The van der Waals surface area contributed by atoms with E-state index < -0.39 is 5.97 Å². The molecule has 2 heterocycles. The van der Waals surface area contributed by atoms with Crippen LogP contribution in [-0.4, -0.2) is 27.5 Å². The van der Waals surface area contributed by atoms with Gasteiger partial charge in [0, 0.05) is 24.5 Å². The van der Waals surface area contributed by atoms with Gasteiger partial charge in [-0.05, 0) is 18.6 Å². The van der Waals surface area contributed by atoms with Gasteiger partial charge in [0.05, 0.1) is 12.8 Å². The second-order valence-electron chi connectivity index (χ2n) is 3.98. The van der Waals surface area contributed by atoms with Gasteiger partial charge in [-0.25, -0.2) is 4.79 Å². The van der Waals surface area contributed by atoms with Crippen molar-refractivity contribution < 1.29 is 14.6 Å². The Morgan fingerprint density at radius 3 is 3.00 bits per heavy atom. The lowest BCUT2D eigenvalue weighted by Crippen LogP contribution is -2.03. The van der Waals surface area contributed by atoms with Crippen molar-refractivity contribution in [2.45, 2.75) is 13.3 Å². The van der Waals surface area contributed by atoms with Crippen LogP contribution in [-0.2, 0) is 13.5 Å². The van der Waals surface area contributed by atoms with Gasteiger partial charge in [-0.1, -0.05) is 0 Å². The Morgan fingerprint density at radius 2 is 2.39 bits per heavy atom. The molecule has 0 saturated heterocycles. The van der Waals surface area contributed by atoms with Crippen LogP contribution in [0.4, 0.5) is 0 Å². The third-order valence-electron chi connectivity index (χ3n) is 2.42. The summed E-state index contributed by atoms with van der Waals surface area (Å²) in [5.41, 5.74) is 1.07. The maximum absolute atomic E-state index is 11.0. The first-order chi connectivity index (χ1) is 8.56. The Balaban J connectivity index is 1.96. The summed E-state index contributed by atoms with van der Waals surface area (Å²) in [7, 11) is 1.86. The molecule has 0 atom stereocenters. The topological polar surface area (TPSA) is 64.4 Å². The molecule has 96 valence electrons. The number of aromatic nitrogens is 2. The van der Waals surface area contributed by atoms with Crippen molar-refractivity contribution in [1.29, 1.82) is 0 Å². The van der Waals surface area contributed by atoms with E-state index in [1.54, 1.807) is 16.9 Å². The molecule has 0 aliphatic carbocycles. The molecule has 0 aliphatic rings. The molecule has 0 radical (unpaired) electrons. The molecule has 2 aromatic rings. The average molecular weight is 266 g/mol. The Bertz CT molecular complexity index is 559. The molecule has 0 amide bonds. The van der Waals surface area contributed by atoms with Crippen molar-refractivity contribution >= 4 is 17.3 Å². The van der Waals surface area contributed by atoms with E-state index in [1.165, 1.54) is 11.3 Å². The highest BCUT2D eigenvalue weighted by atomic mass is 32.1. The SMILES string of the molecule is Cc1cc(OCCc2cnn(C)c2)c(C(=O)O)s1. The smallest absolute Gasteiger partial charge is 0.349 e. The zero-order chi connectivity index (χ0) is 13.1. The third-order valence-corrected chi connectivity index (χ3v) is 3.44. The standard InChI is InChI=1S/C12H14N2O3S/c1-8-5-10(11(18-8)12(15)16)17-4-3-9-6-13-14(2)7-9/h5-7H,3-4H2,1-2H3,(H,15,16). The number of rotatable bonds is 5. The first-order valence-corrected chi connectivity index (χ1v) is 6.32. The van der Waals surface area contributed by atoms with E-state index in [9.17, 15) is 4.79 Å². The third kappa shape index (κ3) is 2.89. The molecule has 2 rings (SSSR count). The lowest BCUT2D eigenvalue weighted by molar-refractivity contribution is 0.0698. The summed E-state index contributed by atoms with van der Waals surface area (Å²) in [6, 6.07) is 1.76. The first-order valence-electron chi connectivity index (χ1n) is 5.50. The number of ether oxygens (including phenoxy) is 1. The number of aryl methyl sites for hydroxylation is 2. The van der Waals surface area contributed by atoms with E-state index in [0.717, 1.165) is 10.4 Å². The van der Waals surface area contributed by atoms with Gasteiger partial charge in [-0.3, -0.25) is 4.68 Å². The number of carbonyl (C=O) groups is 1. The number of carboxylic acid groups (broad SMARTS) is 1. The molecule has 0 spiro atoms. The van der Waals surface area contributed by atoms with Gasteiger partial charge in [0.15, 0.2) is 4.88 Å². The van der Waals surface area contributed by atoms with Crippen LogP contribution >= 0.6 is 11.3 Å². The van der Waals surface area contributed by atoms with E-state index in [4.69, 9.17) is 9.84 Å². The van der Waals surface area contributed by atoms with E-state index in [1.807, 2.05) is 20.2 Å². The second-order valence-corrected chi connectivity index (χ2v) is 5.23. The Kier molecular flexibility index (Phi) is 3.66. The van der Waals surface area contributed by atoms with Gasteiger partial charge in [0.1, 0.15) is 5.75 Å². The molecule has 0 saturated carbocycles. The number of thiophene rings is 1. The quantitative estimate of drug-likeness (QED) is 0.900. The number of hydrogen-bond acceptors (Lipinski definition) is 4. The molecule has 2 aromatic heterocycles. The normalized spacial score (nSPS) is 10.6. The second kappa shape index (κ2) is 5.22. The molecule has 6 heteroatoms. The van der Waals surface area contributed by atoms with Gasteiger partial charge >= 0.3 is 5.97 Å². The van der Waals surface area contributed by atoms with Crippen molar-refractivity contribution in [3.8, 4) is 5.75 Å². The van der Waals surface area contributed by atoms with Crippen LogP contribution in [0.25, 0.3) is 0 Å². The lowest BCUT2D eigenvalue weighted by atomic mass is 10.3. The Labute approximate surface area is 109 Å². The van der Waals surface area contributed by atoms with Gasteiger partial charge in [0.25, 0.3) is 0 Å². The summed E-state index contributed by atoms with van der Waals surface area (Å²) < 4.78 is 7.25. The van der Waals surface area contributed by atoms with Crippen LogP contribution in [0.3, 0.4) is 0 Å². The highest BCUT2D eigenvalue weighted by Crippen LogP contribution is 2.28. The molecular formula is C12H14N2O3S. The molecule has 0 aromatic carbocycles. The van der Waals surface area contributed by atoms with Gasteiger partial charge < -0.3 is 9.84 Å². The maximum Gasteiger partial charge on any atom is 0.349 e. The monoisotopic (exact) mass is 266 g/mol. The Hall–Kier alpha value is -1.82. The average Bonchev–Trinajstić information content (AvgIpc) is 2.85. The molecule has 0 aliphatic heterocycles. The minimum atomic E-state index is -0.940. The molecule has 0 bridgehead atoms. The van der Waals surface area contributed by atoms with Gasteiger partial charge in [-0.2, -0.15) is 5.10 Å². The fraction of sp³-hybridized carbons (Fsp3) is 0.333. The molecule has 1 N–H and O–H groups in total. The summed E-state index contributed by atoms with van der Waals surface area (Å²) in [6.07, 6.45) is 4.41. The van der Waals surface area contributed by atoms with E-state index in [2.05, 4.69) is 5.10 Å². The minimum Gasteiger partial charge on any atom is -0.491 e. The number of hydrogen-bond donors (Lipinski definition) is 1. The fourth-order valence-corrected chi connectivity index (χ4v) is 2.42. The van der Waals surface area contributed by atoms with Crippen LogP contribution in [0.5, 0.6) is 5.75 Å². The van der Waals surface area contributed by atoms with E-state index >= 15 is 0 Å². The summed E-state index contributed by atoms with van der Waals surface area (Å²) in [6.45, 7) is 2.31. The van der Waals surface area contributed by atoms with Crippen LogP contribution in [0.15, 0.2) is 18.5 Å². The van der Waals surface area contributed by atoms with Crippen molar-refractivity contribution in [2.75, 3.05) is 6.61 Å².